The molecule has 3 amide bonds. The van der Waals surface area contributed by atoms with Crippen molar-refractivity contribution in [2.45, 2.75) is 40.2 Å². The van der Waals surface area contributed by atoms with Gasteiger partial charge < -0.3 is 21.5 Å². The van der Waals surface area contributed by atoms with Crippen LogP contribution in [-0.4, -0.2) is 35.6 Å². The fourth-order valence-electron chi connectivity index (χ4n) is 1.81. The van der Waals surface area contributed by atoms with Gasteiger partial charge in [-0.1, -0.05) is 27.7 Å². The number of carboxylic acid groups (broad SMARTS) is 1. The summed E-state index contributed by atoms with van der Waals surface area (Å²) in [5.74, 6) is -2.13. The van der Waals surface area contributed by atoms with Gasteiger partial charge in [-0.25, -0.2) is 4.79 Å². The topological polar surface area (TPSA) is 122 Å². The van der Waals surface area contributed by atoms with Gasteiger partial charge in [0.15, 0.2) is 0 Å². The lowest BCUT2D eigenvalue weighted by molar-refractivity contribution is -0.142. The van der Waals surface area contributed by atoms with Gasteiger partial charge >= 0.3 is 12.0 Å². The number of amides is 3. The first-order valence-electron chi connectivity index (χ1n) is 6.71. The zero-order valence-electron chi connectivity index (χ0n) is 12.5. The summed E-state index contributed by atoms with van der Waals surface area (Å²) in [5, 5.41) is 14.0. The van der Waals surface area contributed by atoms with E-state index in [1.165, 1.54) is 0 Å². The number of hydrogen-bond acceptors (Lipinski definition) is 3. The number of primary amides is 1. The molecular weight excluding hydrogens is 262 g/mol. The van der Waals surface area contributed by atoms with Gasteiger partial charge in [0.05, 0.1) is 5.92 Å². The summed E-state index contributed by atoms with van der Waals surface area (Å²) in [7, 11) is 0. The first kappa shape index (κ1) is 18.2. The molecule has 0 aromatic heterocycles. The highest BCUT2D eigenvalue weighted by molar-refractivity contribution is 5.86. The Labute approximate surface area is 119 Å². The van der Waals surface area contributed by atoms with Gasteiger partial charge in [0.1, 0.15) is 6.04 Å². The van der Waals surface area contributed by atoms with Crippen LogP contribution in [0.25, 0.3) is 0 Å². The van der Waals surface area contributed by atoms with Gasteiger partial charge in [-0.2, -0.15) is 0 Å². The minimum atomic E-state index is -0.950. The van der Waals surface area contributed by atoms with Crippen LogP contribution in [0.3, 0.4) is 0 Å². The van der Waals surface area contributed by atoms with E-state index >= 15 is 0 Å². The summed E-state index contributed by atoms with van der Waals surface area (Å²) in [6.07, 6.45) is 0.471. The molecule has 0 spiro atoms. The van der Waals surface area contributed by atoms with Crippen molar-refractivity contribution in [3.8, 4) is 0 Å². The number of carbonyl (C=O) groups is 3. The average Bonchev–Trinajstić information content (AvgIpc) is 2.29. The predicted octanol–water partition coefficient (Wildman–Crippen LogP) is 0.542. The standard InChI is InChI=1S/C13H25N3O4/c1-7(2)5-9(12(18)19)6-15-13(20)16-10(8(3)4)11(14)17/h7-10H,5-6H2,1-4H3,(H2,14,17)(H,18,19)(H2,15,16,20). The van der Waals surface area contributed by atoms with Crippen LogP contribution >= 0.6 is 0 Å². The summed E-state index contributed by atoms with van der Waals surface area (Å²) >= 11 is 0. The number of carboxylic acids is 1. The highest BCUT2D eigenvalue weighted by Gasteiger charge is 2.23. The molecule has 116 valence electrons. The Morgan fingerprint density at radius 1 is 1.15 bits per heavy atom. The number of aliphatic carboxylic acids is 1. The minimum Gasteiger partial charge on any atom is -0.481 e. The predicted molar refractivity (Wildman–Crippen MR) is 74.9 cm³/mol. The third-order valence-electron chi connectivity index (χ3n) is 2.87. The van der Waals surface area contributed by atoms with Crippen LogP contribution in [0.2, 0.25) is 0 Å². The maximum absolute atomic E-state index is 11.7. The number of nitrogens with two attached hydrogens (primary N) is 1. The van der Waals surface area contributed by atoms with Crippen molar-refractivity contribution >= 4 is 17.9 Å². The van der Waals surface area contributed by atoms with Gasteiger partial charge in [-0.05, 0) is 18.3 Å². The van der Waals surface area contributed by atoms with Gasteiger partial charge in [-0.3, -0.25) is 9.59 Å². The summed E-state index contributed by atoms with van der Waals surface area (Å²) in [5.41, 5.74) is 5.18. The van der Waals surface area contributed by atoms with Gasteiger partial charge in [0.25, 0.3) is 0 Å². The van der Waals surface area contributed by atoms with Gasteiger partial charge in [-0.15, -0.1) is 0 Å². The molecule has 0 rings (SSSR count). The highest BCUT2D eigenvalue weighted by atomic mass is 16.4. The van der Waals surface area contributed by atoms with E-state index in [0.717, 1.165) is 0 Å². The molecule has 0 aliphatic carbocycles. The van der Waals surface area contributed by atoms with Crippen molar-refractivity contribution in [2.75, 3.05) is 6.54 Å². The number of hydrogen-bond donors (Lipinski definition) is 4. The van der Waals surface area contributed by atoms with Crippen LogP contribution in [0.5, 0.6) is 0 Å². The Morgan fingerprint density at radius 2 is 1.70 bits per heavy atom. The van der Waals surface area contributed by atoms with Crippen molar-refractivity contribution in [1.29, 1.82) is 0 Å². The first-order chi connectivity index (χ1) is 9.15. The van der Waals surface area contributed by atoms with Crippen LogP contribution in [0.15, 0.2) is 0 Å². The van der Waals surface area contributed by atoms with E-state index in [-0.39, 0.29) is 18.4 Å². The van der Waals surface area contributed by atoms with E-state index in [9.17, 15) is 14.4 Å². The maximum Gasteiger partial charge on any atom is 0.315 e. The monoisotopic (exact) mass is 287 g/mol. The molecule has 0 saturated heterocycles. The summed E-state index contributed by atoms with van der Waals surface area (Å²) in [6, 6.07) is -1.36. The van der Waals surface area contributed by atoms with Crippen molar-refractivity contribution < 1.29 is 19.5 Å². The maximum atomic E-state index is 11.7. The summed E-state index contributed by atoms with van der Waals surface area (Å²) in [6.45, 7) is 7.36. The third-order valence-corrected chi connectivity index (χ3v) is 2.87. The Balaban J connectivity index is 4.38. The van der Waals surface area contributed by atoms with E-state index in [4.69, 9.17) is 10.8 Å². The molecule has 0 aromatic carbocycles. The number of rotatable bonds is 8. The summed E-state index contributed by atoms with van der Waals surface area (Å²) in [4.78, 5) is 33.8. The zero-order valence-corrected chi connectivity index (χ0v) is 12.5. The SMILES string of the molecule is CC(C)CC(CNC(=O)NC(C(N)=O)C(C)C)C(=O)O. The lowest BCUT2D eigenvalue weighted by atomic mass is 9.97. The molecule has 0 bridgehead atoms. The van der Waals surface area contributed by atoms with Crippen LogP contribution < -0.4 is 16.4 Å². The number of urea groups is 1. The quantitative estimate of drug-likeness (QED) is 0.520. The molecule has 0 aromatic rings. The van der Waals surface area contributed by atoms with E-state index in [1.54, 1.807) is 13.8 Å². The Bertz CT molecular complexity index is 356. The van der Waals surface area contributed by atoms with Gasteiger partial charge in [0, 0.05) is 6.54 Å². The van der Waals surface area contributed by atoms with Crippen LogP contribution in [0.4, 0.5) is 4.79 Å². The fourth-order valence-corrected chi connectivity index (χ4v) is 1.81. The normalized spacial score (nSPS) is 13.9. The summed E-state index contributed by atoms with van der Waals surface area (Å²) < 4.78 is 0. The van der Waals surface area contributed by atoms with E-state index in [1.807, 2.05) is 13.8 Å². The number of carbonyl (C=O) groups excluding carboxylic acids is 2. The van der Waals surface area contributed by atoms with Crippen molar-refractivity contribution in [2.24, 2.45) is 23.5 Å². The molecule has 0 fully saturated rings. The van der Waals surface area contributed by atoms with Crippen molar-refractivity contribution in [1.82, 2.24) is 10.6 Å². The Hall–Kier alpha value is -1.79. The molecule has 5 N–H and O–H groups in total. The van der Waals surface area contributed by atoms with Gasteiger partial charge in [0.2, 0.25) is 5.91 Å². The molecule has 0 aliphatic heterocycles. The van der Waals surface area contributed by atoms with Crippen LogP contribution in [0, 0.1) is 17.8 Å². The Morgan fingerprint density at radius 3 is 2.05 bits per heavy atom. The fraction of sp³-hybridized carbons (Fsp3) is 0.769. The van der Waals surface area contributed by atoms with Crippen molar-refractivity contribution in [3.63, 3.8) is 0 Å². The first-order valence-corrected chi connectivity index (χ1v) is 6.71. The average molecular weight is 287 g/mol. The molecule has 0 saturated carbocycles. The largest absolute Gasteiger partial charge is 0.481 e. The third kappa shape index (κ3) is 6.96. The highest BCUT2D eigenvalue weighted by Crippen LogP contribution is 2.11. The second kappa shape index (κ2) is 8.39. The molecule has 0 heterocycles. The van der Waals surface area contributed by atoms with Crippen LogP contribution in [0.1, 0.15) is 34.1 Å². The van der Waals surface area contributed by atoms with Crippen molar-refractivity contribution in [3.05, 3.63) is 0 Å². The molecule has 0 radical (unpaired) electrons. The molecule has 20 heavy (non-hydrogen) atoms. The Kier molecular flexibility index (Phi) is 7.64. The molecular formula is C13H25N3O4. The minimum absolute atomic E-state index is 0.0168. The lowest BCUT2D eigenvalue weighted by Gasteiger charge is -2.20. The second-order valence-electron chi connectivity index (χ2n) is 5.64. The molecule has 7 heteroatoms. The van der Waals surface area contributed by atoms with E-state index in [2.05, 4.69) is 10.6 Å². The van der Waals surface area contributed by atoms with E-state index in [0.29, 0.717) is 6.42 Å². The van der Waals surface area contributed by atoms with Crippen LogP contribution in [-0.2, 0) is 9.59 Å². The molecule has 2 atom stereocenters. The smallest absolute Gasteiger partial charge is 0.315 e. The lowest BCUT2D eigenvalue weighted by Crippen LogP contribution is -2.52. The van der Waals surface area contributed by atoms with E-state index < -0.39 is 29.9 Å². The molecule has 0 aliphatic rings. The molecule has 2 unspecified atom stereocenters. The molecule has 7 nitrogen and oxygen atoms in total. The second-order valence-corrected chi connectivity index (χ2v) is 5.64. The zero-order chi connectivity index (χ0) is 15.9. The number of nitrogens with one attached hydrogen (secondary N) is 2.